The highest BCUT2D eigenvalue weighted by atomic mass is 16.3. The minimum atomic E-state index is -0.00170. The highest BCUT2D eigenvalue weighted by Crippen LogP contribution is 2.57. The first kappa shape index (κ1) is 17.2. The molecule has 4 atom stereocenters. The van der Waals surface area contributed by atoms with Crippen molar-refractivity contribution in [3.8, 4) is 5.75 Å². The molecule has 3 rings (SSSR count). The van der Waals surface area contributed by atoms with Gasteiger partial charge in [0.15, 0.2) is 0 Å². The number of phenols is 1. The van der Waals surface area contributed by atoms with Crippen LogP contribution in [-0.4, -0.2) is 16.7 Å². The van der Waals surface area contributed by atoms with Gasteiger partial charge in [-0.2, -0.15) is 0 Å². The lowest BCUT2D eigenvalue weighted by molar-refractivity contribution is -0.135. The van der Waals surface area contributed by atoms with E-state index in [4.69, 9.17) is 0 Å². The monoisotopic (exact) mass is 328 g/mol. The molecule has 0 aliphatic heterocycles. The van der Waals surface area contributed by atoms with E-state index < -0.39 is 0 Å². The molecule has 2 aliphatic rings. The van der Waals surface area contributed by atoms with E-state index in [1.54, 1.807) is 13.0 Å². The van der Waals surface area contributed by atoms with Crippen LogP contribution < -0.4 is 0 Å². The fourth-order valence-corrected chi connectivity index (χ4v) is 5.35. The van der Waals surface area contributed by atoms with E-state index in [2.05, 4.69) is 6.92 Å². The molecular formula is C21H28O3. The number of aryl methyl sites for hydroxylation is 2. The van der Waals surface area contributed by atoms with Crippen LogP contribution in [0.1, 0.15) is 57.1 Å². The molecule has 3 nitrogen and oxygen atoms in total. The molecule has 2 saturated carbocycles. The molecule has 0 spiro atoms. The average Bonchev–Trinajstić information content (AvgIpc) is 2.87. The zero-order valence-electron chi connectivity index (χ0n) is 15.0. The van der Waals surface area contributed by atoms with Gasteiger partial charge in [-0.05, 0) is 80.5 Å². The van der Waals surface area contributed by atoms with E-state index in [9.17, 15) is 14.7 Å². The molecule has 0 unspecified atom stereocenters. The number of fused-ring (bicyclic) bond motifs is 1. The summed E-state index contributed by atoms with van der Waals surface area (Å²) in [6.45, 7) is 5.98. The van der Waals surface area contributed by atoms with Gasteiger partial charge in [0.2, 0.25) is 0 Å². The van der Waals surface area contributed by atoms with Crippen molar-refractivity contribution in [1.29, 1.82) is 0 Å². The summed E-state index contributed by atoms with van der Waals surface area (Å²) in [7, 11) is 0. The van der Waals surface area contributed by atoms with Gasteiger partial charge in [0.05, 0.1) is 0 Å². The number of carbonyl (C=O) groups is 2. The van der Waals surface area contributed by atoms with Crippen molar-refractivity contribution in [3.63, 3.8) is 0 Å². The van der Waals surface area contributed by atoms with Gasteiger partial charge in [0.25, 0.3) is 0 Å². The zero-order chi connectivity index (χ0) is 17.5. The molecular weight excluding hydrogens is 300 g/mol. The largest absolute Gasteiger partial charge is 0.508 e. The number of benzene rings is 1. The highest BCUT2D eigenvalue weighted by molar-refractivity contribution is 5.84. The molecule has 0 bridgehead atoms. The van der Waals surface area contributed by atoms with Crippen LogP contribution in [-0.2, 0) is 16.0 Å². The highest BCUT2D eigenvalue weighted by Gasteiger charge is 2.54. The van der Waals surface area contributed by atoms with Crippen molar-refractivity contribution >= 4 is 11.6 Å². The number of hydrogen-bond acceptors (Lipinski definition) is 3. The lowest BCUT2D eigenvalue weighted by atomic mass is 9.59. The number of ketones is 2. The first-order valence-corrected chi connectivity index (χ1v) is 9.14. The van der Waals surface area contributed by atoms with Crippen molar-refractivity contribution in [2.45, 2.75) is 59.3 Å². The Hall–Kier alpha value is -1.64. The molecule has 0 heterocycles. The van der Waals surface area contributed by atoms with Crippen LogP contribution in [0.2, 0.25) is 0 Å². The normalized spacial score (nSPS) is 32.6. The number of hydrogen-bond donors (Lipinski definition) is 1. The van der Waals surface area contributed by atoms with Crippen LogP contribution in [0.4, 0.5) is 0 Å². The third kappa shape index (κ3) is 2.89. The first-order valence-electron chi connectivity index (χ1n) is 9.14. The van der Waals surface area contributed by atoms with Gasteiger partial charge in [-0.25, -0.2) is 0 Å². The SMILES string of the molecule is CC(=O)[C@H]1CC[C@H]2[C@H](CCc3cc(O)ccc3C)C(=O)CC[C@]12C. The zero-order valence-corrected chi connectivity index (χ0v) is 15.0. The van der Waals surface area contributed by atoms with Gasteiger partial charge >= 0.3 is 0 Å². The van der Waals surface area contributed by atoms with Gasteiger partial charge in [-0.3, -0.25) is 9.59 Å². The predicted octanol–water partition coefficient (Wildman–Crippen LogP) is 4.23. The molecule has 0 aromatic heterocycles. The van der Waals surface area contributed by atoms with Gasteiger partial charge < -0.3 is 5.11 Å². The summed E-state index contributed by atoms with van der Waals surface area (Å²) in [6.07, 6.45) is 5.05. The Balaban J connectivity index is 1.78. The maximum Gasteiger partial charge on any atom is 0.136 e. The quantitative estimate of drug-likeness (QED) is 0.899. The summed E-state index contributed by atoms with van der Waals surface area (Å²) >= 11 is 0. The number of Topliss-reactive ketones (excluding diaryl/α,β-unsaturated/α-hetero) is 2. The van der Waals surface area contributed by atoms with E-state index in [0.717, 1.165) is 43.2 Å². The number of carbonyl (C=O) groups excluding carboxylic acids is 2. The Kier molecular flexibility index (Phi) is 4.54. The standard InChI is InChI=1S/C21H28O3/c1-13-4-6-16(23)12-15(13)5-7-17-19-9-8-18(14(2)22)21(19,3)11-10-20(17)24/h4,6,12,17-19,23H,5,7-11H2,1-3H3/t17-,18+,19-,21+/m0/s1. The van der Waals surface area contributed by atoms with Crippen LogP contribution in [0.3, 0.4) is 0 Å². The van der Waals surface area contributed by atoms with Gasteiger partial charge in [0, 0.05) is 18.3 Å². The van der Waals surface area contributed by atoms with Crippen molar-refractivity contribution in [3.05, 3.63) is 29.3 Å². The van der Waals surface area contributed by atoms with Crippen molar-refractivity contribution in [1.82, 2.24) is 0 Å². The third-order valence-corrected chi connectivity index (χ3v) is 6.77. The van der Waals surface area contributed by atoms with Crippen LogP contribution in [0.15, 0.2) is 18.2 Å². The summed E-state index contributed by atoms with van der Waals surface area (Å²) in [5.41, 5.74) is 2.28. The van der Waals surface area contributed by atoms with E-state index in [1.807, 2.05) is 19.1 Å². The maximum atomic E-state index is 12.6. The Morgan fingerprint density at radius 1 is 1.33 bits per heavy atom. The Morgan fingerprint density at radius 3 is 2.79 bits per heavy atom. The fraction of sp³-hybridized carbons (Fsp3) is 0.619. The van der Waals surface area contributed by atoms with E-state index in [1.165, 1.54) is 0 Å². The molecule has 3 heteroatoms. The lowest BCUT2D eigenvalue weighted by Crippen LogP contribution is -2.43. The Morgan fingerprint density at radius 2 is 2.08 bits per heavy atom. The lowest BCUT2D eigenvalue weighted by Gasteiger charge is -2.43. The smallest absolute Gasteiger partial charge is 0.136 e. The van der Waals surface area contributed by atoms with Crippen LogP contribution >= 0.6 is 0 Å². The minimum absolute atomic E-state index is 0.00170. The Bertz CT molecular complexity index is 663. The fourth-order valence-electron chi connectivity index (χ4n) is 5.35. The first-order chi connectivity index (χ1) is 11.3. The van der Waals surface area contributed by atoms with Crippen molar-refractivity contribution in [2.24, 2.45) is 23.2 Å². The topological polar surface area (TPSA) is 54.4 Å². The second-order valence-corrected chi connectivity index (χ2v) is 8.08. The molecule has 1 N–H and O–H groups in total. The van der Waals surface area contributed by atoms with E-state index in [0.29, 0.717) is 18.1 Å². The van der Waals surface area contributed by atoms with E-state index in [-0.39, 0.29) is 28.8 Å². The van der Waals surface area contributed by atoms with Crippen LogP contribution in [0.5, 0.6) is 5.75 Å². The molecule has 1 aromatic rings. The second kappa shape index (κ2) is 6.34. The molecule has 24 heavy (non-hydrogen) atoms. The third-order valence-electron chi connectivity index (χ3n) is 6.77. The molecule has 0 saturated heterocycles. The van der Waals surface area contributed by atoms with Gasteiger partial charge in [0.1, 0.15) is 17.3 Å². The Labute approximate surface area is 144 Å². The molecule has 0 radical (unpaired) electrons. The predicted molar refractivity (Wildman–Crippen MR) is 93.9 cm³/mol. The number of rotatable bonds is 4. The maximum absolute atomic E-state index is 12.6. The van der Waals surface area contributed by atoms with Crippen molar-refractivity contribution in [2.75, 3.05) is 0 Å². The summed E-state index contributed by atoms with van der Waals surface area (Å²) in [6, 6.07) is 5.45. The van der Waals surface area contributed by atoms with Crippen LogP contribution in [0.25, 0.3) is 0 Å². The number of aromatic hydroxyl groups is 1. The van der Waals surface area contributed by atoms with Crippen LogP contribution in [0, 0.1) is 30.1 Å². The van der Waals surface area contributed by atoms with Gasteiger partial charge in [-0.1, -0.05) is 13.0 Å². The molecule has 2 aliphatic carbocycles. The molecule has 2 fully saturated rings. The van der Waals surface area contributed by atoms with Crippen molar-refractivity contribution < 1.29 is 14.7 Å². The summed E-state index contributed by atoms with van der Waals surface area (Å²) in [5, 5.41) is 9.71. The molecule has 1 aromatic carbocycles. The van der Waals surface area contributed by atoms with E-state index >= 15 is 0 Å². The minimum Gasteiger partial charge on any atom is -0.508 e. The number of phenolic OH excluding ortho intramolecular Hbond substituents is 1. The molecule has 0 amide bonds. The second-order valence-electron chi connectivity index (χ2n) is 8.08. The average molecular weight is 328 g/mol. The summed E-state index contributed by atoms with van der Waals surface area (Å²) < 4.78 is 0. The van der Waals surface area contributed by atoms with Gasteiger partial charge in [-0.15, -0.1) is 0 Å². The summed E-state index contributed by atoms with van der Waals surface area (Å²) in [4.78, 5) is 24.6. The molecule has 130 valence electrons. The summed E-state index contributed by atoms with van der Waals surface area (Å²) in [5.74, 6) is 1.48.